The molecule has 1 aromatic rings. The summed E-state index contributed by atoms with van der Waals surface area (Å²) in [6.07, 6.45) is 3.33. The predicted octanol–water partition coefficient (Wildman–Crippen LogP) is 4.01. The van der Waals surface area contributed by atoms with Gasteiger partial charge in [-0.25, -0.2) is 4.39 Å². The van der Waals surface area contributed by atoms with Crippen LogP contribution in [-0.4, -0.2) is 13.6 Å². The van der Waals surface area contributed by atoms with Gasteiger partial charge in [-0.3, -0.25) is 0 Å². The van der Waals surface area contributed by atoms with Gasteiger partial charge in [-0.15, -0.1) is 0 Å². The van der Waals surface area contributed by atoms with E-state index >= 15 is 0 Å². The zero-order chi connectivity index (χ0) is 13.8. The predicted molar refractivity (Wildman–Crippen MR) is 76.5 cm³/mol. The van der Waals surface area contributed by atoms with Gasteiger partial charge < -0.3 is 5.32 Å². The summed E-state index contributed by atoms with van der Waals surface area (Å²) in [6, 6.07) is 3.97. The molecule has 0 atom stereocenters. The van der Waals surface area contributed by atoms with Crippen molar-refractivity contribution in [2.45, 2.75) is 47.0 Å². The SMILES string of the molecule is CNCCC(C)(C)CCc1cc(C)c(F)c(C)c1. The van der Waals surface area contributed by atoms with Gasteiger partial charge in [0.25, 0.3) is 0 Å². The van der Waals surface area contributed by atoms with Crippen molar-refractivity contribution in [3.05, 3.63) is 34.6 Å². The Morgan fingerprint density at radius 2 is 1.67 bits per heavy atom. The molecular formula is C16H26FN. The van der Waals surface area contributed by atoms with Crippen LogP contribution in [0, 0.1) is 25.1 Å². The summed E-state index contributed by atoms with van der Waals surface area (Å²) < 4.78 is 13.5. The fraction of sp³-hybridized carbons (Fsp3) is 0.625. The minimum absolute atomic E-state index is 0.0619. The van der Waals surface area contributed by atoms with E-state index in [2.05, 4.69) is 19.2 Å². The standard InChI is InChI=1S/C16H26FN/c1-12-10-14(11-13(2)15(12)17)6-7-16(3,4)8-9-18-5/h10-11,18H,6-9H2,1-5H3. The molecule has 0 fully saturated rings. The van der Waals surface area contributed by atoms with Crippen LogP contribution in [0.2, 0.25) is 0 Å². The number of hydrogen-bond donors (Lipinski definition) is 1. The second-order valence-electron chi connectivity index (χ2n) is 6.06. The Labute approximate surface area is 111 Å². The first-order valence-corrected chi connectivity index (χ1v) is 6.76. The Morgan fingerprint density at radius 3 is 2.17 bits per heavy atom. The van der Waals surface area contributed by atoms with E-state index in [0.717, 1.165) is 30.5 Å². The van der Waals surface area contributed by atoms with Gasteiger partial charge in [0.2, 0.25) is 0 Å². The molecule has 0 heterocycles. The third kappa shape index (κ3) is 4.41. The van der Waals surface area contributed by atoms with E-state index in [-0.39, 0.29) is 5.82 Å². The fourth-order valence-electron chi connectivity index (χ4n) is 2.25. The molecule has 0 amide bonds. The lowest BCUT2D eigenvalue weighted by Crippen LogP contribution is -2.20. The lowest BCUT2D eigenvalue weighted by molar-refractivity contribution is 0.305. The topological polar surface area (TPSA) is 12.0 Å². The fourth-order valence-corrected chi connectivity index (χ4v) is 2.25. The molecule has 0 saturated carbocycles. The molecule has 0 spiro atoms. The van der Waals surface area contributed by atoms with E-state index in [1.165, 1.54) is 12.0 Å². The first-order valence-electron chi connectivity index (χ1n) is 6.76. The highest BCUT2D eigenvalue weighted by molar-refractivity contribution is 5.30. The Bertz CT molecular complexity index is 373. The lowest BCUT2D eigenvalue weighted by Gasteiger charge is -2.24. The van der Waals surface area contributed by atoms with Crippen LogP contribution in [0.4, 0.5) is 4.39 Å². The molecule has 0 bridgehead atoms. The molecule has 18 heavy (non-hydrogen) atoms. The Balaban J connectivity index is 2.63. The highest BCUT2D eigenvalue weighted by Gasteiger charge is 2.17. The van der Waals surface area contributed by atoms with Crippen molar-refractivity contribution in [2.75, 3.05) is 13.6 Å². The number of nitrogens with one attached hydrogen (secondary N) is 1. The molecular weight excluding hydrogens is 225 g/mol. The third-order valence-corrected chi connectivity index (χ3v) is 3.64. The molecule has 0 aliphatic rings. The van der Waals surface area contributed by atoms with Crippen molar-refractivity contribution in [1.29, 1.82) is 0 Å². The molecule has 102 valence electrons. The summed E-state index contributed by atoms with van der Waals surface area (Å²) in [5, 5.41) is 3.20. The maximum atomic E-state index is 13.5. The summed E-state index contributed by atoms with van der Waals surface area (Å²) in [7, 11) is 1.99. The van der Waals surface area contributed by atoms with Crippen LogP contribution in [0.15, 0.2) is 12.1 Å². The van der Waals surface area contributed by atoms with Gasteiger partial charge in [-0.05, 0) is 68.8 Å². The molecule has 0 aliphatic heterocycles. The lowest BCUT2D eigenvalue weighted by atomic mass is 9.83. The van der Waals surface area contributed by atoms with Crippen LogP contribution in [0.1, 0.15) is 43.4 Å². The third-order valence-electron chi connectivity index (χ3n) is 3.64. The van der Waals surface area contributed by atoms with Crippen LogP contribution in [0.3, 0.4) is 0 Å². The maximum Gasteiger partial charge on any atom is 0.129 e. The van der Waals surface area contributed by atoms with Gasteiger partial charge in [0.15, 0.2) is 0 Å². The van der Waals surface area contributed by atoms with Crippen LogP contribution in [-0.2, 0) is 6.42 Å². The molecule has 0 unspecified atom stereocenters. The van der Waals surface area contributed by atoms with Gasteiger partial charge in [0, 0.05) is 0 Å². The Kier molecular flexibility index (Phi) is 5.33. The molecule has 1 nitrogen and oxygen atoms in total. The zero-order valence-corrected chi connectivity index (χ0v) is 12.4. The first kappa shape index (κ1) is 15.2. The van der Waals surface area contributed by atoms with Crippen LogP contribution in [0.5, 0.6) is 0 Å². The maximum absolute atomic E-state index is 13.5. The average Bonchev–Trinajstić information content (AvgIpc) is 2.31. The molecule has 1 N–H and O–H groups in total. The number of aryl methyl sites for hydroxylation is 3. The Morgan fingerprint density at radius 1 is 1.11 bits per heavy atom. The number of halogens is 1. The highest BCUT2D eigenvalue weighted by atomic mass is 19.1. The van der Waals surface area contributed by atoms with Crippen LogP contribution >= 0.6 is 0 Å². The van der Waals surface area contributed by atoms with Gasteiger partial charge >= 0.3 is 0 Å². The van der Waals surface area contributed by atoms with Crippen molar-refractivity contribution in [3.63, 3.8) is 0 Å². The van der Waals surface area contributed by atoms with E-state index in [4.69, 9.17) is 0 Å². The summed E-state index contributed by atoms with van der Waals surface area (Å²) >= 11 is 0. The second kappa shape index (κ2) is 6.33. The molecule has 0 saturated heterocycles. The number of rotatable bonds is 6. The molecule has 1 aromatic carbocycles. The summed E-state index contributed by atoms with van der Waals surface area (Å²) in [6.45, 7) is 9.34. The zero-order valence-electron chi connectivity index (χ0n) is 12.4. The quantitative estimate of drug-likeness (QED) is 0.805. The van der Waals surface area contributed by atoms with Gasteiger partial charge in [0.1, 0.15) is 5.82 Å². The minimum Gasteiger partial charge on any atom is -0.320 e. The number of benzene rings is 1. The van der Waals surface area contributed by atoms with Crippen molar-refractivity contribution in [2.24, 2.45) is 5.41 Å². The molecule has 0 radical (unpaired) electrons. The normalized spacial score (nSPS) is 11.9. The smallest absolute Gasteiger partial charge is 0.129 e. The van der Waals surface area contributed by atoms with E-state index in [1.807, 2.05) is 33.0 Å². The highest BCUT2D eigenvalue weighted by Crippen LogP contribution is 2.27. The molecule has 2 heteroatoms. The van der Waals surface area contributed by atoms with E-state index in [9.17, 15) is 4.39 Å². The monoisotopic (exact) mass is 251 g/mol. The van der Waals surface area contributed by atoms with Crippen LogP contribution in [0.25, 0.3) is 0 Å². The van der Waals surface area contributed by atoms with Crippen molar-refractivity contribution < 1.29 is 4.39 Å². The molecule has 1 rings (SSSR count). The summed E-state index contributed by atoms with van der Waals surface area (Å²) in [5.74, 6) is -0.0619. The Hall–Kier alpha value is -0.890. The van der Waals surface area contributed by atoms with E-state index in [1.54, 1.807) is 0 Å². The average molecular weight is 251 g/mol. The van der Waals surface area contributed by atoms with Gasteiger partial charge in [0.05, 0.1) is 0 Å². The van der Waals surface area contributed by atoms with E-state index < -0.39 is 0 Å². The second-order valence-corrected chi connectivity index (χ2v) is 6.06. The summed E-state index contributed by atoms with van der Waals surface area (Å²) in [5.41, 5.74) is 3.11. The molecule has 0 aliphatic carbocycles. The van der Waals surface area contributed by atoms with Crippen LogP contribution < -0.4 is 5.32 Å². The van der Waals surface area contributed by atoms with E-state index in [0.29, 0.717) is 5.41 Å². The summed E-state index contributed by atoms with van der Waals surface area (Å²) in [4.78, 5) is 0. The van der Waals surface area contributed by atoms with Gasteiger partial charge in [-0.2, -0.15) is 0 Å². The van der Waals surface area contributed by atoms with Crippen molar-refractivity contribution in [1.82, 2.24) is 5.32 Å². The first-order chi connectivity index (χ1) is 8.35. The minimum atomic E-state index is -0.0619. The van der Waals surface area contributed by atoms with Crippen molar-refractivity contribution in [3.8, 4) is 0 Å². The number of hydrogen-bond acceptors (Lipinski definition) is 1. The molecule has 0 aromatic heterocycles. The van der Waals surface area contributed by atoms with Crippen molar-refractivity contribution >= 4 is 0 Å². The largest absolute Gasteiger partial charge is 0.320 e. The van der Waals surface area contributed by atoms with Gasteiger partial charge in [-0.1, -0.05) is 26.0 Å².